The van der Waals surface area contributed by atoms with Crippen molar-refractivity contribution in [2.24, 2.45) is 0 Å². The fourth-order valence-electron chi connectivity index (χ4n) is 3.00. The summed E-state index contributed by atoms with van der Waals surface area (Å²) in [5.41, 5.74) is 0. The van der Waals surface area contributed by atoms with Gasteiger partial charge in [-0.2, -0.15) is 0 Å². The second-order valence-electron chi connectivity index (χ2n) is 7.00. The second kappa shape index (κ2) is 18.5. The lowest BCUT2D eigenvalue weighted by Gasteiger charge is -2.09. The molecule has 0 aliphatic carbocycles. The minimum absolute atomic E-state index is 0.0652. The van der Waals surface area contributed by atoms with Crippen LogP contribution in [0.2, 0.25) is 0 Å². The van der Waals surface area contributed by atoms with Crippen LogP contribution in [0, 0.1) is 0 Å². The Balaban J connectivity index is 3.11. The molecule has 0 aliphatic heterocycles. The van der Waals surface area contributed by atoms with Crippen LogP contribution in [-0.4, -0.2) is 22.3 Å². The van der Waals surface area contributed by atoms with Crippen molar-refractivity contribution in [3.63, 3.8) is 0 Å². The highest BCUT2D eigenvalue weighted by Crippen LogP contribution is 2.14. The molecule has 24 heavy (non-hydrogen) atoms. The van der Waals surface area contributed by atoms with E-state index in [1.165, 1.54) is 76.7 Å². The van der Waals surface area contributed by atoms with Gasteiger partial charge in [-0.05, 0) is 25.7 Å². The number of hydrogen-bond donors (Lipinski definition) is 2. The first-order chi connectivity index (χ1) is 11.7. The van der Waals surface area contributed by atoms with Crippen LogP contribution < -0.4 is 0 Å². The highest BCUT2D eigenvalue weighted by molar-refractivity contribution is 5.79. The van der Waals surface area contributed by atoms with Gasteiger partial charge in [0.1, 0.15) is 0 Å². The maximum atomic E-state index is 10.3. The summed E-state index contributed by atoms with van der Waals surface area (Å²) in [4.78, 5) is 10.3. The molecule has 0 unspecified atom stereocenters. The van der Waals surface area contributed by atoms with E-state index in [0.29, 0.717) is 0 Å². The maximum absolute atomic E-state index is 10.3. The van der Waals surface area contributed by atoms with Crippen molar-refractivity contribution < 1.29 is 15.0 Å². The molecular formula is C21H40O3. The van der Waals surface area contributed by atoms with E-state index in [9.17, 15) is 9.90 Å². The fourth-order valence-corrected chi connectivity index (χ4v) is 3.00. The van der Waals surface area contributed by atoms with Gasteiger partial charge >= 0.3 is 5.97 Å². The summed E-state index contributed by atoms with van der Waals surface area (Å²) in [6.45, 7) is 2.17. The van der Waals surface area contributed by atoms with Gasteiger partial charge in [0.25, 0.3) is 0 Å². The van der Waals surface area contributed by atoms with E-state index < -0.39 is 5.97 Å². The lowest BCUT2D eigenvalue weighted by atomic mass is 10.0. The third kappa shape index (κ3) is 19.2. The molecule has 0 saturated heterocycles. The summed E-state index contributed by atoms with van der Waals surface area (Å²) in [6, 6.07) is 0. The van der Waals surface area contributed by atoms with Crippen LogP contribution in [0.3, 0.4) is 0 Å². The Morgan fingerprint density at radius 2 is 1.25 bits per heavy atom. The quantitative estimate of drug-likeness (QED) is 0.229. The van der Waals surface area contributed by atoms with Crippen molar-refractivity contribution in [2.45, 2.75) is 116 Å². The zero-order valence-electron chi connectivity index (χ0n) is 15.8. The largest absolute Gasteiger partial charge is 0.478 e. The first kappa shape index (κ1) is 23.2. The zero-order chi connectivity index (χ0) is 17.9. The molecular weight excluding hydrogens is 300 g/mol. The van der Waals surface area contributed by atoms with Crippen LogP contribution in [0.1, 0.15) is 110 Å². The van der Waals surface area contributed by atoms with Crippen LogP contribution >= 0.6 is 0 Å². The van der Waals surface area contributed by atoms with Gasteiger partial charge in [-0.3, -0.25) is 0 Å². The number of carbonyl (C=O) groups is 1. The smallest absolute Gasteiger partial charge is 0.327 e. The molecule has 0 heterocycles. The Kier molecular flexibility index (Phi) is 17.9. The fraction of sp³-hybridized carbons (Fsp3) is 0.857. The normalized spacial score (nSPS) is 12.8. The number of carboxylic acids is 1. The topological polar surface area (TPSA) is 57.5 Å². The molecule has 0 spiro atoms. The molecule has 0 saturated carbocycles. The highest BCUT2D eigenvalue weighted by atomic mass is 16.4. The molecule has 0 amide bonds. The number of hydrogen-bond acceptors (Lipinski definition) is 2. The van der Waals surface area contributed by atoms with Crippen molar-refractivity contribution in [1.82, 2.24) is 0 Å². The molecule has 3 nitrogen and oxygen atoms in total. The summed E-state index contributed by atoms with van der Waals surface area (Å²) in [7, 11) is 0. The first-order valence-corrected chi connectivity index (χ1v) is 10.2. The molecule has 0 bridgehead atoms. The van der Waals surface area contributed by atoms with E-state index in [1.54, 1.807) is 6.08 Å². The van der Waals surface area contributed by atoms with Gasteiger partial charge in [0.05, 0.1) is 6.10 Å². The van der Waals surface area contributed by atoms with Gasteiger partial charge in [0, 0.05) is 6.08 Å². The van der Waals surface area contributed by atoms with Gasteiger partial charge in [-0.15, -0.1) is 0 Å². The van der Waals surface area contributed by atoms with Crippen molar-refractivity contribution in [3.05, 3.63) is 12.2 Å². The summed E-state index contributed by atoms with van der Waals surface area (Å²) < 4.78 is 0. The first-order valence-electron chi connectivity index (χ1n) is 10.2. The van der Waals surface area contributed by atoms with E-state index in [1.807, 2.05) is 0 Å². The molecule has 142 valence electrons. The molecule has 0 fully saturated rings. The molecule has 0 aliphatic rings. The Hall–Kier alpha value is -0.830. The Morgan fingerprint density at radius 1 is 0.792 bits per heavy atom. The standard InChI is InChI=1S/C21H40O3/c1-2-3-17-20(22)18-15-13-11-9-7-5-4-6-8-10-12-14-16-19-21(23)24/h16,19-20,22H,2-15,17-18H2,1H3,(H,23,24)/t20-/m1/s1. The van der Waals surface area contributed by atoms with Gasteiger partial charge in [0.2, 0.25) is 0 Å². The average molecular weight is 341 g/mol. The number of unbranched alkanes of at least 4 members (excludes halogenated alkanes) is 12. The summed E-state index contributed by atoms with van der Waals surface area (Å²) in [6.07, 6.45) is 22.2. The third-order valence-electron chi connectivity index (χ3n) is 4.56. The van der Waals surface area contributed by atoms with Gasteiger partial charge < -0.3 is 10.2 Å². The van der Waals surface area contributed by atoms with E-state index in [-0.39, 0.29) is 6.10 Å². The molecule has 0 aromatic rings. The average Bonchev–Trinajstić information content (AvgIpc) is 2.56. The van der Waals surface area contributed by atoms with Crippen LogP contribution in [0.25, 0.3) is 0 Å². The number of carboxylic acid groups (broad SMARTS) is 1. The Bertz CT molecular complexity index is 299. The van der Waals surface area contributed by atoms with Gasteiger partial charge in [-0.1, -0.05) is 90.0 Å². The van der Waals surface area contributed by atoms with Crippen LogP contribution in [0.5, 0.6) is 0 Å². The molecule has 1 atom stereocenters. The number of aliphatic hydroxyl groups excluding tert-OH is 1. The van der Waals surface area contributed by atoms with Crippen LogP contribution in [0.15, 0.2) is 12.2 Å². The molecule has 3 heteroatoms. The minimum Gasteiger partial charge on any atom is -0.478 e. The number of rotatable bonds is 18. The Labute approximate surface area is 149 Å². The predicted molar refractivity (Wildman–Crippen MR) is 102 cm³/mol. The van der Waals surface area contributed by atoms with E-state index >= 15 is 0 Å². The SMILES string of the molecule is CCCC[C@@H](O)CCCCCCCCCCCCCC=CC(=O)O. The van der Waals surface area contributed by atoms with E-state index in [2.05, 4.69) is 6.92 Å². The van der Waals surface area contributed by atoms with E-state index in [4.69, 9.17) is 5.11 Å². The second-order valence-corrected chi connectivity index (χ2v) is 7.00. The molecule has 0 radical (unpaired) electrons. The predicted octanol–water partition coefficient (Wildman–Crippen LogP) is 6.25. The van der Waals surface area contributed by atoms with Crippen molar-refractivity contribution in [1.29, 1.82) is 0 Å². The summed E-state index contributed by atoms with van der Waals surface area (Å²) >= 11 is 0. The maximum Gasteiger partial charge on any atom is 0.327 e. The van der Waals surface area contributed by atoms with Crippen LogP contribution in [-0.2, 0) is 4.79 Å². The molecule has 0 rings (SSSR count). The van der Waals surface area contributed by atoms with Gasteiger partial charge in [-0.25, -0.2) is 4.79 Å². The molecule has 0 aromatic carbocycles. The lowest BCUT2D eigenvalue weighted by Crippen LogP contribution is -2.05. The Morgan fingerprint density at radius 3 is 1.75 bits per heavy atom. The number of aliphatic hydroxyl groups is 1. The lowest BCUT2D eigenvalue weighted by molar-refractivity contribution is -0.131. The van der Waals surface area contributed by atoms with Crippen molar-refractivity contribution in [2.75, 3.05) is 0 Å². The van der Waals surface area contributed by atoms with Crippen molar-refractivity contribution >= 4 is 5.97 Å². The molecule has 2 N–H and O–H groups in total. The highest BCUT2D eigenvalue weighted by Gasteiger charge is 2.02. The number of allylic oxidation sites excluding steroid dienone is 1. The third-order valence-corrected chi connectivity index (χ3v) is 4.56. The van der Waals surface area contributed by atoms with E-state index in [0.717, 1.165) is 32.1 Å². The minimum atomic E-state index is -0.845. The zero-order valence-corrected chi connectivity index (χ0v) is 15.8. The summed E-state index contributed by atoms with van der Waals surface area (Å²) in [5.74, 6) is -0.845. The molecule has 0 aromatic heterocycles. The van der Waals surface area contributed by atoms with Crippen LogP contribution in [0.4, 0.5) is 0 Å². The monoisotopic (exact) mass is 340 g/mol. The van der Waals surface area contributed by atoms with Gasteiger partial charge in [0.15, 0.2) is 0 Å². The summed E-state index contributed by atoms with van der Waals surface area (Å²) in [5, 5.41) is 18.2. The van der Waals surface area contributed by atoms with Crippen molar-refractivity contribution in [3.8, 4) is 0 Å². The number of aliphatic carboxylic acids is 1.